The van der Waals surface area contributed by atoms with E-state index in [1.807, 2.05) is 54.6 Å². The number of benzene rings is 2. The number of amides is 1. The lowest BCUT2D eigenvalue weighted by Gasteiger charge is -2.30. The SMILES string of the molecule is O=C(Nc1ccccc1N1CCOCC1)c1ocnc1-c1ccccc1. The molecule has 1 amide bonds. The first kappa shape index (κ1) is 16.4. The van der Waals surface area contributed by atoms with Crippen molar-refractivity contribution < 1.29 is 13.9 Å². The van der Waals surface area contributed by atoms with E-state index in [-0.39, 0.29) is 11.7 Å². The van der Waals surface area contributed by atoms with Gasteiger partial charge in [0, 0.05) is 18.7 Å². The highest BCUT2D eigenvalue weighted by Gasteiger charge is 2.21. The summed E-state index contributed by atoms with van der Waals surface area (Å²) in [6.07, 6.45) is 1.30. The van der Waals surface area contributed by atoms with Crippen molar-refractivity contribution in [1.29, 1.82) is 0 Å². The zero-order chi connectivity index (χ0) is 17.8. The Hall–Kier alpha value is -3.12. The summed E-state index contributed by atoms with van der Waals surface area (Å²) in [5.74, 6) is -0.116. The van der Waals surface area contributed by atoms with E-state index in [0.29, 0.717) is 18.9 Å². The highest BCUT2D eigenvalue weighted by molar-refractivity contribution is 6.07. The Labute approximate surface area is 151 Å². The van der Waals surface area contributed by atoms with Crippen molar-refractivity contribution >= 4 is 17.3 Å². The van der Waals surface area contributed by atoms with E-state index in [1.165, 1.54) is 6.39 Å². The van der Waals surface area contributed by atoms with Gasteiger partial charge in [0.05, 0.1) is 24.6 Å². The Morgan fingerprint density at radius 2 is 1.73 bits per heavy atom. The van der Waals surface area contributed by atoms with Gasteiger partial charge in [-0.25, -0.2) is 4.98 Å². The van der Waals surface area contributed by atoms with Crippen LogP contribution in [0.5, 0.6) is 0 Å². The molecular weight excluding hydrogens is 330 g/mol. The van der Waals surface area contributed by atoms with Crippen LogP contribution >= 0.6 is 0 Å². The Morgan fingerprint density at radius 1 is 1.00 bits per heavy atom. The Bertz CT molecular complexity index is 886. The molecule has 2 aromatic carbocycles. The van der Waals surface area contributed by atoms with Crippen LogP contribution in [0.3, 0.4) is 0 Å². The predicted molar refractivity (Wildman–Crippen MR) is 99.4 cm³/mol. The van der Waals surface area contributed by atoms with Gasteiger partial charge in [0.1, 0.15) is 5.69 Å². The quantitative estimate of drug-likeness (QED) is 0.782. The second-order valence-electron chi connectivity index (χ2n) is 5.97. The van der Waals surface area contributed by atoms with Gasteiger partial charge in [0.15, 0.2) is 6.39 Å². The third-order valence-electron chi connectivity index (χ3n) is 4.32. The van der Waals surface area contributed by atoms with Crippen LogP contribution in [0.25, 0.3) is 11.3 Å². The number of aromatic nitrogens is 1. The number of nitrogens with one attached hydrogen (secondary N) is 1. The van der Waals surface area contributed by atoms with Gasteiger partial charge >= 0.3 is 0 Å². The molecule has 0 radical (unpaired) electrons. The summed E-state index contributed by atoms with van der Waals surface area (Å²) in [6.45, 7) is 2.96. The van der Waals surface area contributed by atoms with Crippen LogP contribution < -0.4 is 10.2 Å². The number of ether oxygens (including phenoxy) is 1. The van der Waals surface area contributed by atoms with E-state index < -0.39 is 0 Å². The van der Waals surface area contributed by atoms with Crippen LogP contribution in [0.1, 0.15) is 10.6 Å². The van der Waals surface area contributed by atoms with E-state index in [4.69, 9.17) is 9.15 Å². The molecule has 2 heterocycles. The standard InChI is InChI=1S/C20H19N3O3/c24-20(19-18(21-14-26-19)15-6-2-1-3-7-15)22-16-8-4-5-9-17(16)23-10-12-25-13-11-23/h1-9,14H,10-13H2,(H,22,24). The molecule has 0 atom stereocenters. The fourth-order valence-electron chi connectivity index (χ4n) is 3.05. The van der Waals surface area contributed by atoms with E-state index in [9.17, 15) is 4.79 Å². The molecule has 0 spiro atoms. The van der Waals surface area contributed by atoms with Gasteiger partial charge < -0.3 is 19.4 Å². The van der Waals surface area contributed by atoms with Gasteiger partial charge in [-0.15, -0.1) is 0 Å². The van der Waals surface area contributed by atoms with Crippen molar-refractivity contribution in [3.8, 4) is 11.3 Å². The lowest BCUT2D eigenvalue weighted by Crippen LogP contribution is -2.36. The molecule has 132 valence electrons. The lowest BCUT2D eigenvalue weighted by molar-refractivity contribution is 0.0997. The van der Waals surface area contributed by atoms with Crippen molar-refractivity contribution in [2.75, 3.05) is 36.5 Å². The maximum Gasteiger partial charge on any atom is 0.293 e. The monoisotopic (exact) mass is 349 g/mol. The smallest absolute Gasteiger partial charge is 0.293 e. The second-order valence-corrected chi connectivity index (χ2v) is 5.97. The third-order valence-corrected chi connectivity index (χ3v) is 4.32. The van der Waals surface area contributed by atoms with E-state index in [0.717, 1.165) is 30.0 Å². The highest BCUT2D eigenvalue weighted by Crippen LogP contribution is 2.28. The summed E-state index contributed by atoms with van der Waals surface area (Å²) < 4.78 is 10.8. The first-order valence-corrected chi connectivity index (χ1v) is 8.55. The average Bonchev–Trinajstić information content (AvgIpc) is 3.20. The number of morpholine rings is 1. The average molecular weight is 349 g/mol. The molecule has 1 aliphatic heterocycles. The van der Waals surface area contributed by atoms with Crippen LogP contribution in [0.15, 0.2) is 65.4 Å². The molecule has 26 heavy (non-hydrogen) atoms. The summed E-state index contributed by atoms with van der Waals surface area (Å²) in [5, 5.41) is 2.97. The summed E-state index contributed by atoms with van der Waals surface area (Å²) in [6, 6.07) is 17.3. The summed E-state index contributed by atoms with van der Waals surface area (Å²) >= 11 is 0. The zero-order valence-corrected chi connectivity index (χ0v) is 14.2. The number of oxazole rings is 1. The van der Waals surface area contributed by atoms with Crippen LogP contribution in [0.4, 0.5) is 11.4 Å². The molecule has 6 heteroatoms. The predicted octanol–water partition coefficient (Wildman–Crippen LogP) is 3.43. The maximum absolute atomic E-state index is 12.8. The van der Waals surface area contributed by atoms with Crippen molar-refractivity contribution in [2.24, 2.45) is 0 Å². The van der Waals surface area contributed by atoms with Crippen LogP contribution in [-0.4, -0.2) is 37.2 Å². The summed E-state index contributed by atoms with van der Waals surface area (Å²) in [7, 11) is 0. The topological polar surface area (TPSA) is 67.6 Å². The van der Waals surface area contributed by atoms with Gasteiger partial charge in [-0.05, 0) is 12.1 Å². The molecule has 1 N–H and O–H groups in total. The molecule has 1 saturated heterocycles. The maximum atomic E-state index is 12.8. The molecular formula is C20H19N3O3. The van der Waals surface area contributed by atoms with Crippen molar-refractivity contribution in [3.05, 3.63) is 66.8 Å². The molecule has 6 nitrogen and oxygen atoms in total. The fraction of sp³-hybridized carbons (Fsp3) is 0.200. The number of nitrogens with zero attached hydrogens (tertiary/aromatic N) is 2. The highest BCUT2D eigenvalue weighted by atomic mass is 16.5. The van der Waals surface area contributed by atoms with Crippen LogP contribution in [0.2, 0.25) is 0 Å². The molecule has 1 aliphatic rings. The second kappa shape index (κ2) is 7.41. The van der Waals surface area contributed by atoms with E-state index >= 15 is 0 Å². The number of hydrogen-bond donors (Lipinski definition) is 1. The van der Waals surface area contributed by atoms with Gasteiger partial charge in [0.25, 0.3) is 5.91 Å². The van der Waals surface area contributed by atoms with E-state index in [2.05, 4.69) is 15.2 Å². The number of carbonyl (C=O) groups excluding carboxylic acids is 1. The van der Waals surface area contributed by atoms with Gasteiger partial charge in [-0.3, -0.25) is 4.79 Å². The minimum atomic E-state index is -0.318. The molecule has 3 aromatic rings. The largest absolute Gasteiger partial charge is 0.438 e. The lowest BCUT2D eigenvalue weighted by atomic mass is 10.1. The van der Waals surface area contributed by atoms with Crippen LogP contribution in [-0.2, 0) is 4.74 Å². The minimum absolute atomic E-state index is 0.202. The number of hydrogen-bond acceptors (Lipinski definition) is 5. The molecule has 0 aliphatic carbocycles. The van der Waals surface area contributed by atoms with Crippen molar-refractivity contribution in [3.63, 3.8) is 0 Å². The molecule has 0 unspecified atom stereocenters. The first-order chi connectivity index (χ1) is 12.8. The minimum Gasteiger partial charge on any atom is -0.438 e. The third kappa shape index (κ3) is 3.32. The summed E-state index contributed by atoms with van der Waals surface area (Å²) in [4.78, 5) is 19.2. The number of carbonyl (C=O) groups is 1. The molecule has 1 aromatic heterocycles. The van der Waals surface area contributed by atoms with Gasteiger partial charge in [-0.2, -0.15) is 0 Å². The van der Waals surface area contributed by atoms with Gasteiger partial charge in [-0.1, -0.05) is 42.5 Å². The Balaban J connectivity index is 1.59. The number of para-hydroxylation sites is 2. The number of rotatable bonds is 4. The molecule has 0 bridgehead atoms. The summed E-state index contributed by atoms with van der Waals surface area (Å²) in [5.41, 5.74) is 3.10. The fourth-order valence-corrected chi connectivity index (χ4v) is 3.05. The molecule has 1 fully saturated rings. The Kier molecular flexibility index (Phi) is 4.66. The molecule has 0 saturated carbocycles. The normalized spacial score (nSPS) is 14.2. The number of anilines is 2. The van der Waals surface area contributed by atoms with Crippen molar-refractivity contribution in [1.82, 2.24) is 4.98 Å². The Morgan fingerprint density at radius 3 is 2.54 bits per heavy atom. The van der Waals surface area contributed by atoms with Crippen LogP contribution in [0, 0.1) is 0 Å². The zero-order valence-electron chi connectivity index (χ0n) is 14.2. The first-order valence-electron chi connectivity index (χ1n) is 8.55. The van der Waals surface area contributed by atoms with Gasteiger partial charge in [0.2, 0.25) is 5.76 Å². The molecule has 4 rings (SSSR count). The van der Waals surface area contributed by atoms with Crippen molar-refractivity contribution in [2.45, 2.75) is 0 Å². The van der Waals surface area contributed by atoms with E-state index in [1.54, 1.807) is 0 Å².